The molecule has 2 aliphatic rings. The van der Waals surface area contributed by atoms with E-state index in [1.807, 2.05) is 42.5 Å². The number of allylic oxidation sites excluding steroid dienone is 2. The molecule has 0 spiro atoms. The van der Waals surface area contributed by atoms with Gasteiger partial charge in [0.25, 0.3) is 0 Å². The number of likely N-dealkylation sites (N-methyl/N-ethyl adjacent to an activating group) is 1. The van der Waals surface area contributed by atoms with E-state index >= 15 is 0 Å². The van der Waals surface area contributed by atoms with Crippen molar-refractivity contribution in [3.05, 3.63) is 48.0 Å². The van der Waals surface area contributed by atoms with Crippen molar-refractivity contribution in [1.29, 1.82) is 0 Å². The van der Waals surface area contributed by atoms with Crippen LogP contribution in [-0.4, -0.2) is 48.7 Å². The Bertz CT molecular complexity index is 757. The number of carbonyl (C=O) groups excluding carboxylic acids is 3. The highest BCUT2D eigenvalue weighted by Crippen LogP contribution is 2.48. The van der Waals surface area contributed by atoms with Crippen molar-refractivity contribution < 1.29 is 19.1 Å². The lowest BCUT2D eigenvalue weighted by molar-refractivity contribution is -0.158. The minimum atomic E-state index is -0.847. The van der Waals surface area contributed by atoms with E-state index in [4.69, 9.17) is 4.74 Å². The van der Waals surface area contributed by atoms with Crippen LogP contribution in [0.3, 0.4) is 0 Å². The van der Waals surface area contributed by atoms with Crippen molar-refractivity contribution in [2.45, 2.75) is 26.9 Å². The highest BCUT2D eigenvalue weighted by Gasteiger charge is 2.53. The van der Waals surface area contributed by atoms with Crippen molar-refractivity contribution >= 4 is 17.7 Å². The predicted octanol–water partition coefficient (Wildman–Crippen LogP) is 2.20. The number of esters is 1. The molecule has 1 amide bonds. The summed E-state index contributed by atoms with van der Waals surface area (Å²) in [6.45, 7) is 7.40. The van der Waals surface area contributed by atoms with Crippen molar-refractivity contribution in [3.63, 3.8) is 0 Å². The first-order valence-corrected chi connectivity index (χ1v) is 10.5. The number of ketones is 1. The van der Waals surface area contributed by atoms with Crippen molar-refractivity contribution in [3.8, 4) is 0 Å². The van der Waals surface area contributed by atoms with E-state index in [1.54, 1.807) is 0 Å². The lowest BCUT2D eigenvalue weighted by atomic mass is 9.79. The molecule has 1 fully saturated rings. The second-order valence-corrected chi connectivity index (χ2v) is 7.74. The third-order valence-corrected chi connectivity index (χ3v) is 6.10. The number of benzene rings is 1. The molecule has 156 valence electrons. The zero-order valence-electron chi connectivity index (χ0n) is 17.2. The molecular weight excluding hydrogens is 368 g/mol. The second-order valence-electron chi connectivity index (χ2n) is 7.74. The molecule has 1 N–H and O–H groups in total. The van der Waals surface area contributed by atoms with E-state index < -0.39 is 23.6 Å². The van der Waals surface area contributed by atoms with Gasteiger partial charge in [0.1, 0.15) is 6.61 Å². The highest BCUT2D eigenvalue weighted by molar-refractivity contribution is 6.35. The van der Waals surface area contributed by atoms with Crippen molar-refractivity contribution in [2.75, 3.05) is 26.2 Å². The normalized spacial score (nSPS) is 24.7. The highest BCUT2D eigenvalue weighted by atomic mass is 16.5. The van der Waals surface area contributed by atoms with E-state index in [1.165, 1.54) is 0 Å². The number of rotatable bonds is 10. The molecule has 0 saturated heterocycles. The fraction of sp³-hybridized carbons (Fsp3) is 0.522. The van der Waals surface area contributed by atoms with Gasteiger partial charge in [0, 0.05) is 19.0 Å². The molecule has 4 unspecified atom stereocenters. The fourth-order valence-electron chi connectivity index (χ4n) is 4.46. The van der Waals surface area contributed by atoms with Crippen LogP contribution in [0.4, 0.5) is 0 Å². The number of ether oxygens (including phenoxy) is 1. The molecule has 6 nitrogen and oxygen atoms in total. The van der Waals surface area contributed by atoms with Crippen LogP contribution in [0.5, 0.6) is 0 Å². The van der Waals surface area contributed by atoms with Gasteiger partial charge in [-0.3, -0.25) is 9.59 Å². The number of hydrogen-bond donors (Lipinski definition) is 1. The molecule has 4 atom stereocenters. The number of fused-ring (bicyclic) bond motifs is 2. The van der Waals surface area contributed by atoms with E-state index in [9.17, 15) is 14.4 Å². The molecule has 29 heavy (non-hydrogen) atoms. The summed E-state index contributed by atoms with van der Waals surface area (Å²) in [5.41, 5.74) is 0.826. The van der Waals surface area contributed by atoms with Gasteiger partial charge in [0.05, 0.1) is 5.92 Å². The maximum Gasteiger partial charge on any atom is 0.375 e. The SMILES string of the molecule is CCN(CC)CCNC(=O)C1C2C=CC(C2)C1C(=O)C(=O)OCc1ccccc1. The summed E-state index contributed by atoms with van der Waals surface area (Å²) in [6.07, 6.45) is 4.73. The fourth-order valence-corrected chi connectivity index (χ4v) is 4.46. The lowest BCUT2D eigenvalue weighted by Gasteiger charge is -2.26. The molecule has 1 aromatic rings. The van der Waals surface area contributed by atoms with Crippen LogP contribution in [0.25, 0.3) is 0 Å². The van der Waals surface area contributed by atoms with Gasteiger partial charge in [-0.2, -0.15) is 0 Å². The number of hydrogen-bond acceptors (Lipinski definition) is 5. The number of Topliss-reactive ketones (excluding diaryl/α,β-unsaturated/α-hetero) is 1. The van der Waals surface area contributed by atoms with E-state index in [0.29, 0.717) is 6.54 Å². The third kappa shape index (κ3) is 4.93. The molecule has 0 radical (unpaired) electrons. The summed E-state index contributed by atoms with van der Waals surface area (Å²) in [6, 6.07) is 9.25. The number of carbonyl (C=O) groups is 3. The van der Waals surface area contributed by atoms with Crippen LogP contribution < -0.4 is 5.32 Å². The molecule has 3 rings (SSSR count). The van der Waals surface area contributed by atoms with Gasteiger partial charge in [0.15, 0.2) is 0 Å². The molecule has 1 aromatic carbocycles. The summed E-state index contributed by atoms with van der Waals surface area (Å²) < 4.78 is 5.23. The average molecular weight is 399 g/mol. The number of nitrogens with one attached hydrogen (secondary N) is 1. The van der Waals surface area contributed by atoms with Gasteiger partial charge in [-0.25, -0.2) is 4.79 Å². The molecule has 0 heterocycles. The monoisotopic (exact) mass is 398 g/mol. The Hall–Kier alpha value is -2.47. The first-order valence-electron chi connectivity index (χ1n) is 10.5. The van der Waals surface area contributed by atoms with E-state index in [-0.39, 0.29) is 24.3 Å². The summed E-state index contributed by atoms with van der Waals surface area (Å²) in [7, 11) is 0. The van der Waals surface area contributed by atoms with Crippen LogP contribution in [0.2, 0.25) is 0 Å². The lowest BCUT2D eigenvalue weighted by Crippen LogP contribution is -2.44. The molecule has 0 aromatic heterocycles. The first-order chi connectivity index (χ1) is 14.0. The topological polar surface area (TPSA) is 75.7 Å². The van der Waals surface area contributed by atoms with Crippen LogP contribution in [0, 0.1) is 23.7 Å². The van der Waals surface area contributed by atoms with E-state index in [2.05, 4.69) is 24.1 Å². The van der Waals surface area contributed by atoms with Gasteiger partial charge < -0.3 is 15.0 Å². The molecule has 0 aliphatic heterocycles. The molecule has 2 bridgehead atoms. The zero-order valence-corrected chi connectivity index (χ0v) is 17.2. The summed E-state index contributed by atoms with van der Waals surface area (Å²) in [5.74, 6) is -2.72. The van der Waals surface area contributed by atoms with Gasteiger partial charge in [0.2, 0.25) is 11.7 Å². The molecule has 6 heteroatoms. The third-order valence-electron chi connectivity index (χ3n) is 6.10. The second kappa shape index (κ2) is 9.83. The van der Waals surface area contributed by atoms with Crippen LogP contribution in [0.1, 0.15) is 25.8 Å². The van der Waals surface area contributed by atoms with E-state index in [0.717, 1.165) is 31.6 Å². The maximum absolute atomic E-state index is 12.8. The van der Waals surface area contributed by atoms with Gasteiger partial charge in [-0.1, -0.05) is 56.3 Å². The van der Waals surface area contributed by atoms with Crippen LogP contribution >= 0.6 is 0 Å². The summed E-state index contributed by atoms with van der Waals surface area (Å²) in [4.78, 5) is 40.3. The Kier molecular flexibility index (Phi) is 7.20. The Balaban J connectivity index is 1.59. The minimum absolute atomic E-state index is 0.0179. The maximum atomic E-state index is 12.8. The Morgan fingerprint density at radius 3 is 2.34 bits per heavy atom. The Labute approximate surface area is 172 Å². The molecular formula is C23H30N2O4. The largest absolute Gasteiger partial charge is 0.455 e. The van der Waals surface area contributed by atoms with Gasteiger partial charge in [-0.15, -0.1) is 0 Å². The number of amides is 1. The quantitative estimate of drug-likeness (QED) is 0.371. The Morgan fingerprint density at radius 2 is 1.69 bits per heavy atom. The van der Waals surface area contributed by atoms with Crippen LogP contribution in [0.15, 0.2) is 42.5 Å². The van der Waals surface area contributed by atoms with Crippen molar-refractivity contribution in [2.24, 2.45) is 23.7 Å². The van der Waals surface area contributed by atoms with Crippen molar-refractivity contribution in [1.82, 2.24) is 10.2 Å². The summed E-state index contributed by atoms with van der Waals surface area (Å²) >= 11 is 0. The van der Waals surface area contributed by atoms with Gasteiger partial charge >= 0.3 is 5.97 Å². The standard InChI is InChI=1S/C23H30N2O4/c1-3-25(4-2)13-12-24-22(27)20-18-11-10-17(14-18)19(20)21(26)23(28)29-15-16-8-6-5-7-9-16/h5-11,17-20H,3-4,12-15H2,1-2H3,(H,24,27). The van der Waals surface area contributed by atoms with Gasteiger partial charge in [-0.05, 0) is 36.9 Å². The summed E-state index contributed by atoms with van der Waals surface area (Å²) in [5, 5.41) is 2.97. The zero-order chi connectivity index (χ0) is 20.8. The minimum Gasteiger partial charge on any atom is -0.455 e. The molecule has 1 saturated carbocycles. The number of nitrogens with zero attached hydrogens (tertiary/aromatic N) is 1. The predicted molar refractivity (Wildman–Crippen MR) is 110 cm³/mol. The molecule has 2 aliphatic carbocycles. The van der Waals surface area contributed by atoms with Crippen LogP contribution in [-0.2, 0) is 25.7 Å². The smallest absolute Gasteiger partial charge is 0.375 e. The average Bonchev–Trinajstić information content (AvgIpc) is 3.37. The first kappa shape index (κ1) is 21.2. The Morgan fingerprint density at radius 1 is 1.03 bits per heavy atom.